The normalized spacial score (nSPS) is 13.7. The standard InChI is InChI=1S/C16H26N3.2ClH.Fe/c1-11(18-15(3,4)5)13-9-10-14(17-13)12(2)19-16(6,7)8;;;/h9-10H,1-8H3;2*1H;/q-1;;;+3/p-2. The van der Waals surface area contributed by atoms with Crippen molar-refractivity contribution in [2.24, 2.45) is 9.98 Å². The molecule has 0 fully saturated rings. The quantitative estimate of drug-likeness (QED) is 0.506. The van der Waals surface area contributed by atoms with Crippen LogP contribution in [0.25, 0.3) is 0 Å². The van der Waals surface area contributed by atoms with Gasteiger partial charge in [-0.1, -0.05) is 12.1 Å². The SMILES string of the molecule is CC(=NC(C)(C)C)c1ccc(C(C)=NC(C)(C)C)[n-]1.[Cl][Fe+][Cl]. The molecule has 1 aromatic rings. The Morgan fingerprint density at radius 3 is 1.36 bits per heavy atom. The van der Waals surface area contributed by atoms with Gasteiger partial charge in [0.2, 0.25) is 0 Å². The molecule has 127 valence electrons. The van der Waals surface area contributed by atoms with Crippen molar-refractivity contribution >= 4 is 31.6 Å². The first-order chi connectivity index (χ1) is 9.89. The first-order valence-electron chi connectivity index (χ1n) is 7.02. The molecule has 0 aliphatic heterocycles. The van der Waals surface area contributed by atoms with Gasteiger partial charge in [0.25, 0.3) is 0 Å². The van der Waals surface area contributed by atoms with Crippen LogP contribution in [0.1, 0.15) is 66.8 Å². The molecule has 1 aromatic heterocycles. The Hall–Kier alpha value is -0.281. The summed E-state index contributed by atoms with van der Waals surface area (Å²) >= 11 is 0.194. The van der Waals surface area contributed by atoms with Crippen LogP contribution in [-0.2, 0) is 13.1 Å². The second kappa shape index (κ2) is 9.12. The predicted molar refractivity (Wildman–Crippen MR) is 95.4 cm³/mol. The zero-order valence-corrected chi connectivity index (χ0v) is 17.2. The van der Waals surface area contributed by atoms with Crippen molar-refractivity contribution in [3.63, 3.8) is 0 Å². The molecule has 1 rings (SSSR count). The second-order valence-corrected chi connectivity index (χ2v) is 8.83. The van der Waals surface area contributed by atoms with Crippen LogP contribution in [0.4, 0.5) is 0 Å². The van der Waals surface area contributed by atoms with Gasteiger partial charge in [-0.3, -0.25) is 9.98 Å². The molecule has 0 bridgehead atoms. The fourth-order valence-electron chi connectivity index (χ4n) is 1.89. The summed E-state index contributed by atoms with van der Waals surface area (Å²) in [5.74, 6) is 0. The molecule has 0 aromatic carbocycles. The van der Waals surface area contributed by atoms with E-state index in [4.69, 9.17) is 20.2 Å². The molecule has 0 spiro atoms. The molecule has 0 saturated carbocycles. The van der Waals surface area contributed by atoms with E-state index in [2.05, 4.69) is 56.5 Å². The zero-order valence-electron chi connectivity index (χ0n) is 14.6. The summed E-state index contributed by atoms with van der Waals surface area (Å²) in [6.07, 6.45) is 0. The van der Waals surface area contributed by atoms with Crippen LogP contribution in [0.5, 0.6) is 0 Å². The minimum absolute atomic E-state index is 0.0717. The van der Waals surface area contributed by atoms with Gasteiger partial charge in [0.1, 0.15) is 0 Å². The molecule has 0 aliphatic carbocycles. The van der Waals surface area contributed by atoms with Gasteiger partial charge in [-0.05, 0) is 55.4 Å². The molecule has 0 atom stereocenters. The van der Waals surface area contributed by atoms with E-state index in [1.807, 2.05) is 26.0 Å². The maximum absolute atomic E-state index is 4.76. The van der Waals surface area contributed by atoms with E-state index in [1.165, 1.54) is 0 Å². The van der Waals surface area contributed by atoms with Crippen molar-refractivity contribution in [2.45, 2.75) is 66.5 Å². The zero-order chi connectivity index (χ0) is 17.6. The van der Waals surface area contributed by atoms with Crippen LogP contribution >= 0.6 is 20.2 Å². The third kappa shape index (κ3) is 9.68. The second-order valence-electron chi connectivity index (χ2n) is 7.00. The van der Waals surface area contributed by atoms with Gasteiger partial charge < -0.3 is 4.98 Å². The van der Waals surface area contributed by atoms with Crippen molar-refractivity contribution < 1.29 is 13.1 Å². The van der Waals surface area contributed by atoms with Crippen molar-refractivity contribution in [3.8, 4) is 0 Å². The van der Waals surface area contributed by atoms with Crippen molar-refractivity contribution in [1.29, 1.82) is 0 Å². The Bertz CT molecular complexity index is 476. The van der Waals surface area contributed by atoms with Gasteiger partial charge in [0.15, 0.2) is 0 Å². The maximum atomic E-state index is 4.76. The monoisotopic (exact) mass is 386 g/mol. The van der Waals surface area contributed by atoms with Gasteiger partial charge in [-0.15, -0.1) is 11.4 Å². The number of hydrogen-bond donors (Lipinski definition) is 0. The van der Waals surface area contributed by atoms with E-state index in [0.717, 1.165) is 22.8 Å². The number of aromatic nitrogens is 1. The van der Waals surface area contributed by atoms with Gasteiger partial charge in [0.05, 0.1) is 11.1 Å². The predicted octanol–water partition coefficient (Wildman–Crippen LogP) is 5.24. The Morgan fingerprint density at radius 2 is 1.14 bits per heavy atom. The van der Waals surface area contributed by atoms with E-state index in [1.54, 1.807) is 0 Å². The van der Waals surface area contributed by atoms with Crippen molar-refractivity contribution in [3.05, 3.63) is 23.5 Å². The average molecular weight is 387 g/mol. The van der Waals surface area contributed by atoms with E-state index in [-0.39, 0.29) is 24.2 Å². The fourth-order valence-corrected chi connectivity index (χ4v) is 1.89. The van der Waals surface area contributed by atoms with Gasteiger partial charge in [-0.2, -0.15) is 0 Å². The van der Waals surface area contributed by atoms with Crippen LogP contribution in [0.2, 0.25) is 0 Å². The molecule has 0 saturated heterocycles. The average Bonchev–Trinajstić information content (AvgIpc) is 2.74. The molecular formula is C16H26Cl2FeN3. The number of rotatable bonds is 2. The molecule has 0 amide bonds. The van der Waals surface area contributed by atoms with Crippen LogP contribution < -0.4 is 4.98 Å². The van der Waals surface area contributed by atoms with Crippen LogP contribution in [-0.4, -0.2) is 22.5 Å². The molecule has 1 heterocycles. The topological polar surface area (TPSA) is 38.8 Å². The number of hydrogen-bond acceptors (Lipinski definition) is 2. The third-order valence-corrected chi connectivity index (χ3v) is 2.39. The van der Waals surface area contributed by atoms with E-state index in [9.17, 15) is 0 Å². The first kappa shape index (κ1) is 21.7. The molecule has 22 heavy (non-hydrogen) atoms. The molecule has 0 aliphatic rings. The molecule has 3 nitrogen and oxygen atoms in total. The van der Waals surface area contributed by atoms with Gasteiger partial charge in [0, 0.05) is 11.4 Å². The van der Waals surface area contributed by atoms with Gasteiger partial charge >= 0.3 is 33.3 Å². The summed E-state index contributed by atoms with van der Waals surface area (Å²) in [4.78, 5) is 13.9. The summed E-state index contributed by atoms with van der Waals surface area (Å²) in [6, 6.07) is 4.03. The van der Waals surface area contributed by atoms with E-state index < -0.39 is 0 Å². The molecule has 6 heteroatoms. The fraction of sp³-hybridized carbons (Fsp3) is 0.625. The molecule has 0 unspecified atom stereocenters. The first-order valence-corrected chi connectivity index (χ1v) is 10.1. The Morgan fingerprint density at radius 1 is 0.864 bits per heavy atom. The van der Waals surface area contributed by atoms with Gasteiger partial charge in [-0.25, -0.2) is 0 Å². The van der Waals surface area contributed by atoms with Crippen molar-refractivity contribution in [2.75, 3.05) is 0 Å². The Kier molecular flexibility index (Phi) is 9.01. The summed E-state index contributed by atoms with van der Waals surface area (Å²) in [6.45, 7) is 16.6. The summed E-state index contributed by atoms with van der Waals surface area (Å²) in [7, 11) is 9.53. The minimum atomic E-state index is -0.0717. The Labute approximate surface area is 149 Å². The van der Waals surface area contributed by atoms with Crippen LogP contribution in [0.3, 0.4) is 0 Å². The number of aliphatic imine (C=N–C) groups is 2. The third-order valence-electron chi connectivity index (χ3n) is 2.39. The number of nitrogens with zero attached hydrogens (tertiary/aromatic N) is 3. The van der Waals surface area contributed by atoms with Crippen LogP contribution in [0, 0.1) is 0 Å². The van der Waals surface area contributed by atoms with Crippen molar-refractivity contribution in [1.82, 2.24) is 4.98 Å². The van der Waals surface area contributed by atoms with E-state index >= 15 is 0 Å². The Balaban J connectivity index is 0.00000135. The molecule has 0 N–H and O–H groups in total. The summed E-state index contributed by atoms with van der Waals surface area (Å²) in [5.41, 5.74) is 3.68. The van der Waals surface area contributed by atoms with E-state index in [0.29, 0.717) is 0 Å². The van der Waals surface area contributed by atoms with Crippen LogP contribution in [0.15, 0.2) is 22.1 Å². The number of halogens is 2. The summed E-state index contributed by atoms with van der Waals surface area (Å²) in [5, 5.41) is 0. The molecule has 0 radical (unpaired) electrons. The molecular weight excluding hydrogens is 361 g/mol. The summed E-state index contributed by atoms with van der Waals surface area (Å²) < 4.78 is 0.